The van der Waals surface area contributed by atoms with E-state index in [4.69, 9.17) is 4.74 Å². The largest absolute Gasteiger partial charge is 0.497 e. The van der Waals surface area contributed by atoms with E-state index in [1.807, 2.05) is 0 Å². The molecule has 0 atom stereocenters. The average molecular weight is 368 g/mol. The van der Waals surface area contributed by atoms with Crippen LogP contribution in [0.3, 0.4) is 0 Å². The van der Waals surface area contributed by atoms with Crippen LogP contribution in [-0.2, 0) is 12.3 Å². The van der Waals surface area contributed by atoms with Gasteiger partial charge in [0.05, 0.1) is 7.11 Å². The Morgan fingerprint density at radius 2 is 1.00 bits per heavy atom. The first-order valence-corrected chi connectivity index (χ1v) is 12.7. The van der Waals surface area contributed by atoms with Gasteiger partial charge in [0, 0.05) is 0 Å². The highest BCUT2D eigenvalue weighted by atomic mass is 31.1. The van der Waals surface area contributed by atoms with Crippen molar-refractivity contribution in [2.75, 3.05) is 7.11 Å². The van der Waals surface area contributed by atoms with Crippen LogP contribution in [0.1, 0.15) is 66.5 Å². The normalized spacial score (nSPS) is 12.5. The highest BCUT2D eigenvalue weighted by molar-refractivity contribution is 7.58. The van der Waals surface area contributed by atoms with Crippen molar-refractivity contribution in [3.05, 3.63) is 29.3 Å². The molecule has 1 aromatic rings. The second-order valence-corrected chi connectivity index (χ2v) is 14.7. The molecule has 1 aromatic carbocycles. The molecule has 1 rings (SSSR count). The van der Waals surface area contributed by atoms with E-state index in [0.717, 1.165) is 28.4 Å². The molecule has 0 N–H and O–H groups in total. The van der Waals surface area contributed by atoms with Gasteiger partial charge in [0.2, 0.25) is 0 Å². The quantitative estimate of drug-likeness (QED) is 0.416. The molecule has 0 radical (unpaired) electrons. The van der Waals surface area contributed by atoms with Crippen LogP contribution in [0.15, 0.2) is 18.2 Å². The zero-order valence-electron chi connectivity index (χ0n) is 17.3. The minimum absolute atomic E-state index is 0.0198. The molecule has 0 bridgehead atoms. The second kappa shape index (κ2) is 10.1. The molecule has 0 unspecified atom stereocenters. The monoisotopic (exact) mass is 368 g/mol. The third-order valence-corrected chi connectivity index (χ3v) is 11.4. The Bertz CT molecular complexity index is 438. The number of hydrogen-bond acceptors (Lipinski definition) is 1. The molecule has 0 amide bonds. The number of rotatable bonds is 9. The smallest absolute Gasteiger partial charge is 0.119 e. The number of methoxy groups -OCH3 is 1. The topological polar surface area (TPSA) is 9.23 Å². The number of hydrogen-bond donors (Lipinski definition) is 0. The lowest BCUT2D eigenvalue weighted by Crippen LogP contribution is -2.07. The Kier molecular flexibility index (Phi) is 9.25. The third kappa shape index (κ3) is 6.65. The lowest BCUT2D eigenvalue weighted by Gasteiger charge is -2.28. The molecule has 138 valence electrons. The molecule has 0 aromatic heterocycles. The van der Waals surface area contributed by atoms with Gasteiger partial charge in [-0.05, 0) is 58.2 Å². The molecule has 0 aliphatic heterocycles. The summed E-state index contributed by atoms with van der Waals surface area (Å²) in [5.74, 6) is 1.03. The van der Waals surface area contributed by atoms with Gasteiger partial charge in [-0.25, -0.2) is 0 Å². The van der Waals surface area contributed by atoms with Crippen molar-refractivity contribution >= 4 is 15.8 Å². The van der Waals surface area contributed by atoms with Gasteiger partial charge in [0.15, 0.2) is 0 Å². The van der Waals surface area contributed by atoms with Crippen LogP contribution < -0.4 is 4.74 Å². The summed E-state index contributed by atoms with van der Waals surface area (Å²) in [5, 5.41) is 0. The summed E-state index contributed by atoms with van der Waals surface area (Å²) >= 11 is 0. The zero-order chi connectivity index (χ0) is 18.4. The first-order valence-electron chi connectivity index (χ1n) is 9.34. The lowest BCUT2D eigenvalue weighted by molar-refractivity contribution is 0.414. The van der Waals surface area contributed by atoms with Crippen molar-refractivity contribution < 1.29 is 4.74 Å². The van der Waals surface area contributed by atoms with Crippen LogP contribution in [-0.4, -0.2) is 29.7 Å². The molecular weight excluding hydrogens is 330 g/mol. The van der Waals surface area contributed by atoms with E-state index >= 15 is 0 Å². The van der Waals surface area contributed by atoms with Crippen LogP contribution >= 0.6 is 15.8 Å². The van der Waals surface area contributed by atoms with Gasteiger partial charge in [0.25, 0.3) is 0 Å². The van der Waals surface area contributed by atoms with Crippen LogP contribution in [0.25, 0.3) is 0 Å². The maximum atomic E-state index is 5.61. The van der Waals surface area contributed by atoms with Crippen molar-refractivity contribution in [1.29, 1.82) is 0 Å². The molecule has 0 saturated carbocycles. The molecule has 0 spiro atoms. The molecule has 3 heteroatoms. The molecular formula is C21H38OP2. The summed E-state index contributed by atoms with van der Waals surface area (Å²) in [6.07, 6.45) is 2.44. The third-order valence-electron chi connectivity index (χ3n) is 4.65. The lowest BCUT2D eigenvalue weighted by atomic mass is 10.1. The fourth-order valence-corrected chi connectivity index (χ4v) is 8.43. The van der Waals surface area contributed by atoms with E-state index in [-0.39, 0.29) is 15.8 Å². The SMILES string of the molecule is COc1cc(CP(C(C)C)C(C)C)cc(CP(C(C)C)C(C)C)c1. The summed E-state index contributed by atoms with van der Waals surface area (Å²) in [6, 6.07) is 6.98. The maximum absolute atomic E-state index is 5.61. The number of benzene rings is 1. The van der Waals surface area contributed by atoms with Crippen LogP contribution in [0.2, 0.25) is 0 Å². The van der Waals surface area contributed by atoms with Gasteiger partial charge in [-0.1, -0.05) is 77.3 Å². The van der Waals surface area contributed by atoms with Gasteiger partial charge in [-0.2, -0.15) is 0 Å². The van der Waals surface area contributed by atoms with Gasteiger partial charge in [-0.3, -0.25) is 0 Å². The molecule has 0 aliphatic carbocycles. The zero-order valence-corrected chi connectivity index (χ0v) is 19.0. The Hall–Kier alpha value is -0.120. The first-order chi connectivity index (χ1) is 11.1. The molecule has 1 nitrogen and oxygen atoms in total. The Balaban J connectivity index is 3.07. The van der Waals surface area contributed by atoms with Crippen molar-refractivity contribution in [2.45, 2.75) is 90.3 Å². The summed E-state index contributed by atoms with van der Waals surface area (Å²) < 4.78 is 5.61. The van der Waals surface area contributed by atoms with Gasteiger partial charge < -0.3 is 4.74 Å². The molecule has 0 saturated heterocycles. The van der Waals surface area contributed by atoms with Gasteiger partial charge in [-0.15, -0.1) is 0 Å². The highest BCUT2D eigenvalue weighted by Gasteiger charge is 2.20. The minimum atomic E-state index is 0.0198. The van der Waals surface area contributed by atoms with E-state index in [9.17, 15) is 0 Å². The van der Waals surface area contributed by atoms with E-state index in [2.05, 4.69) is 73.6 Å². The standard InChI is InChI=1S/C21H38OP2/c1-15(2)23(16(3)4)13-19-10-20(12-21(11-19)22-9)14-24(17(5)6)18(7)8/h10-12,15-18H,13-14H2,1-9H3. The van der Waals surface area contributed by atoms with Crippen molar-refractivity contribution in [2.24, 2.45) is 0 Å². The second-order valence-electron chi connectivity index (χ2n) is 7.91. The Morgan fingerprint density at radius 3 is 1.25 bits per heavy atom. The van der Waals surface area contributed by atoms with E-state index in [0.29, 0.717) is 0 Å². The summed E-state index contributed by atoms with van der Waals surface area (Å²) in [4.78, 5) is 0. The predicted octanol–water partition coefficient (Wildman–Crippen LogP) is 7.29. The van der Waals surface area contributed by atoms with E-state index in [1.165, 1.54) is 23.5 Å². The van der Waals surface area contributed by atoms with Crippen molar-refractivity contribution in [3.8, 4) is 5.75 Å². The maximum Gasteiger partial charge on any atom is 0.119 e. The van der Waals surface area contributed by atoms with E-state index < -0.39 is 0 Å². The van der Waals surface area contributed by atoms with Gasteiger partial charge >= 0.3 is 0 Å². The predicted molar refractivity (Wildman–Crippen MR) is 115 cm³/mol. The van der Waals surface area contributed by atoms with Crippen LogP contribution in [0.5, 0.6) is 5.75 Å². The molecule has 0 fully saturated rings. The number of ether oxygens (including phenoxy) is 1. The fourth-order valence-electron chi connectivity index (χ4n) is 3.37. The summed E-state index contributed by atoms with van der Waals surface area (Å²) in [5.41, 5.74) is 6.05. The minimum Gasteiger partial charge on any atom is -0.497 e. The Labute approximate surface area is 153 Å². The first kappa shape index (κ1) is 21.9. The van der Waals surface area contributed by atoms with Crippen LogP contribution in [0, 0.1) is 0 Å². The van der Waals surface area contributed by atoms with Crippen molar-refractivity contribution in [1.82, 2.24) is 0 Å². The van der Waals surface area contributed by atoms with Gasteiger partial charge in [0.1, 0.15) is 5.75 Å². The Morgan fingerprint density at radius 1 is 0.667 bits per heavy atom. The summed E-state index contributed by atoms with van der Waals surface area (Å²) in [6.45, 7) is 19.0. The van der Waals surface area contributed by atoms with Crippen molar-refractivity contribution in [3.63, 3.8) is 0 Å². The van der Waals surface area contributed by atoms with E-state index in [1.54, 1.807) is 7.11 Å². The summed E-state index contributed by atoms with van der Waals surface area (Å²) in [7, 11) is 1.84. The highest BCUT2D eigenvalue weighted by Crippen LogP contribution is 2.51. The average Bonchev–Trinajstić information content (AvgIpc) is 2.48. The fraction of sp³-hybridized carbons (Fsp3) is 0.714. The molecule has 0 heterocycles. The molecule has 0 aliphatic rings. The molecule has 24 heavy (non-hydrogen) atoms. The van der Waals surface area contributed by atoms with Crippen LogP contribution in [0.4, 0.5) is 0 Å².